The lowest BCUT2D eigenvalue weighted by molar-refractivity contribution is -0.151. The van der Waals surface area contributed by atoms with Crippen LogP contribution in [0.4, 0.5) is 18.9 Å². The first-order valence-corrected chi connectivity index (χ1v) is 18.8. The van der Waals surface area contributed by atoms with Gasteiger partial charge in [0.05, 0.1) is 35.4 Å². The number of aromatic hydroxyl groups is 2. The van der Waals surface area contributed by atoms with Gasteiger partial charge >= 0.3 is 12.1 Å². The number of alkyl halides is 3. The van der Waals surface area contributed by atoms with Gasteiger partial charge in [-0.1, -0.05) is 90.0 Å². The maximum Gasteiger partial charge on any atom is 0.416 e. The van der Waals surface area contributed by atoms with E-state index in [1.807, 2.05) is 4.90 Å². The molecule has 2 fully saturated rings. The van der Waals surface area contributed by atoms with E-state index in [0.717, 1.165) is 38.2 Å². The van der Waals surface area contributed by atoms with E-state index in [-0.39, 0.29) is 36.5 Å². The van der Waals surface area contributed by atoms with Crippen molar-refractivity contribution in [3.05, 3.63) is 41.0 Å². The van der Waals surface area contributed by atoms with Gasteiger partial charge in [0.1, 0.15) is 6.10 Å². The fourth-order valence-corrected chi connectivity index (χ4v) is 7.73. The minimum absolute atomic E-state index is 0.0355. The standard InChI is InChI=1S/C38H56F3N3O5/c1-2-3-4-5-6-7-8-9-10-11-12-13-14-18-33(45)48-30(27-44-36(46)34-31-19-20-32(49-31)35(34)37(44)47)26-42-21-23-43(24-22-42)29-17-15-16-28(25-29)38(39,40)41/h15-17,25,30-32,46-47H,2-14,18-24,26-27H2,1H3. The SMILES string of the molecule is CCCCCCCCCCCCCCCC(=O)OC(CN1CCN(c2cccc(C(F)(F)F)c2)CC1)Cn1c(O)c2c(c1O)C1CCC2O1. The molecule has 1 aromatic carbocycles. The van der Waals surface area contributed by atoms with Crippen molar-refractivity contribution >= 4 is 11.7 Å². The molecule has 3 unspecified atom stereocenters. The van der Waals surface area contributed by atoms with Gasteiger partial charge in [-0.15, -0.1) is 0 Å². The number of hydrogen-bond donors (Lipinski definition) is 2. The zero-order valence-electron chi connectivity index (χ0n) is 29.2. The molecule has 2 saturated heterocycles. The normalized spacial score (nSPS) is 19.8. The van der Waals surface area contributed by atoms with Crippen LogP contribution in [0.5, 0.6) is 11.8 Å². The molecule has 0 amide bonds. The van der Waals surface area contributed by atoms with E-state index in [0.29, 0.717) is 56.0 Å². The highest BCUT2D eigenvalue weighted by Crippen LogP contribution is 2.58. The molecule has 5 rings (SSSR count). The van der Waals surface area contributed by atoms with Gasteiger partial charge in [0.2, 0.25) is 0 Å². The Bertz CT molecular complexity index is 1310. The number of anilines is 1. The third-order valence-electron chi connectivity index (χ3n) is 10.5. The second-order valence-electron chi connectivity index (χ2n) is 14.2. The number of piperazine rings is 1. The number of halogens is 3. The summed E-state index contributed by atoms with van der Waals surface area (Å²) < 4.78 is 53.2. The molecule has 0 spiro atoms. The predicted molar refractivity (Wildman–Crippen MR) is 184 cm³/mol. The molecule has 11 heteroatoms. The Labute approximate surface area is 289 Å². The number of nitrogens with zero attached hydrogens (tertiary/aromatic N) is 3. The van der Waals surface area contributed by atoms with Gasteiger partial charge in [-0.3, -0.25) is 14.3 Å². The van der Waals surface area contributed by atoms with Crippen molar-refractivity contribution in [3.63, 3.8) is 0 Å². The van der Waals surface area contributed by atoms with Crippen LogP contribution in [0.15, 0.2) is 24.3 Å². The summed E-state index contributed by atoms with van der Waals surface area (Å²) >= 11 is 0. The average molecular weight is 692 g/mol. The summed E-state index contributed by atoms with van der Waals surface area (Å²) in [6.07, 6.45) is 12.3. The second-order valence-corrected chi connectivity index (χ2v) is 14.2. The van der Waals surface area contributed by atoms with Gasteiger partial charge in [0.25, 0.3) is 0 Å². The number of carbonyl (C=O) groups is 1. The molecule has 2 bridgehead atoms. The largest absolute Gasteiger partial charge is 0.494 e. The number of esters is 1. The van der Waals surface area contributed by atoms with E-state index in [4.69, 9.17) is 9.47 Å². The third-order valence-corrected chi connectivity index (χ3v) is 10.5. The van der Waals surface area contributed by atoms with Crippen LogP contribution in [0.25, 0.3) is 0 Å². The maximum absolute atomic E-state index is 13.3. The average Bonchev–Trinajstić information content (AvgIpc) is 3.77. The summed E-state index contributed by atoms with van der Waals surface area (Å²) in [4.78, 5) is 17.1. The number of fused-ring (bicyclic) bond motifs is 5. The van der Waals surface area contributed by atoms with Gasteiger partial charge in [0, 0.05) is 44.8 Å². The van der Waals surface area contributed by atoms with E-state index in [1.165, 1.54) is 80.9 Å². The van der Waals surface area contributed by atoms with E-state index in [9.17, 15) is 28.2 Å². The summed E-state index contributed by atoms with van der Waals surface area (Å²) in [5, 5.41) is 22.2. The van der Waals surface area contributed by atoms with Crippen molar-refractivity contribution in [2.75, 3.05) is 37.6 Å². The van der Waals surface area contributed by atoms with Crippen LogP contribution in [0, 0.1) is 0 Å². The van der Waals surface area contributed by atoms with E-state index in [2.05, 4.69) is 11.8 Å². The van der Waals surface area contributed by atoms with Crippen molar-refractivity contribution in [3.8, 4) is 11.8 Å². The molecule has 3 aliphatic heterocycles. The van der Waals surface area contributed by atoms with E-state index < -0.39 is 17.8 Å². The Kier molecular flexibility index (Phi) is 13.6. The quantitative estimate of drug-likeness (QED) is 0.106. The van der Waals surface area contributed by atoms with Crippen molar-refractivity contribution in [1.82, 2.24) is 9.47 Å². The Hall–Kier alpha value is -2.92. The lowest BCUT2D eigenvalue weighted by Gasteiger charge is -2.37. The minimum atomic E-state index is -4.40. The monoisotopic (exact) mass is 691 g/mol. The minimum Gasteiger partial charge on any atom is -0.494 e. The molecule has 2 aromatic rings. The molecule has 0 radical (unpaired) electrons. The van der Waals surface area contributed by atoms with Gasteiger partial charge < -0.3 is 24.6 Å². The van der Waals surface area contributed by atoms with Crippen molar-refractivity contribution in [1.29, 1.82) is 0 Å². The molecule has 4 heterocycles. The van der Waals surface area contributed by atoms with Crippen molar-refractivity contribution in [2.45, 2.75) is 141 Å². The smallest absolute Gasteiger partial charge is 0.416 e. The fourth-order valence-electron chi connectivity index (χ4n) is 7.73. The summed E-state index contributed by atoms with van der Waals surface area (Å²) in [5.41, 5.74) is 1.14. The summed E-state index contributed by atoms with van der Waals surface area (Å²) in [6.45, 7) is 4.91. The van der Waals surface area contributed by atoms with Gasteiger partial charge in [0.15, 0.2) is 11.8 Å². The van der Waals surface area contributed by atoms with Gasteiger partial charge in [-0.05, 0) is 37.5 Å². The van der Waals surface area contributed by atoms with Crippen LogP contribution < -0.4 is 4.90 Å². The van der Waals surface area contributed by atoms with Crippen LogP contribution in [0.3, 0.4) is 0 Å². The molecule has 3 aliphatic rings. The number of rotatable bonds is 20. The molecule has 49 heavy (non-hydrogen) atoms. The Morgan fingerprint density at radius 2 is 1.39 bits per heavy atom. The molecule has 3 atom stereocenters. The number of aromatic nitrogens is 1. The Morgan fingerprint density at radius 1 is 0.837 bits per heavy atom. The van der Waals surface area contributed by atoms with E-state index >= 15 is 0 Å². The lowest BCUT2D eigenvalue weighted by Crippen LogP contribution is -2.49. The molecular formula is C38H56F3N3O5. The third kappa shape index (κ3) is 10.1. The molecule has 2 N–H and O–H groups in total. The van der Waals surface area contributed by atoms with Crippen molar-refractivity contribution in [2.24, 2.45) is 0 Å². The predicted octanol–water partition coefficient (Wildman–Crippen LogP) is 9.04. The molecule has 0 saturated carbocycles. The Morgan fingerprint density at radius 3 is 1.94 bits per heavy atom. The molecule has 274 valence electrons. The van der Waals surface area contributed by atoms with Crippen LogP contribution in [0.2, 0.25) is 0 Å². The summed E-state index contributed by atoms with van der Waals surface area (Å²) in [5.74, 6) is -0.365. The van der Waals surface area contributed by atoms with Crippen LogP contribution >= 0.6 is 0 Å². The molecule has 8 nitrogen and oxygen atoms in total. The topological polar surface area (TPSA) is 87.4 Å². The lowest BCUT2D eigenvalue weighted by atomic mass is 9.95. The number of ether oxygens (including phenoxy) is 2. The van der Waals surface area contributed by atoms with Crippen LogP contribution in [0.1, 0.15) is 139 Å². The molecule has 1 aromatic heterocycles. The summed E-state index contributed by atoms with van der Waals surface area (Å²) in [7, 11) is 0. The zero-order valence-corrected chi connectivity index (χ0v) is 29.2. The first-order valence-electron chi connectivity index (χ1n) is 18.8. The number of carbonyl (C=O) groups excluding carboxylic acids is 1. The van der Waals surface area contributed by atoms with Gasteiger partial charge in [-0.2, -0.15) is 13.2 Å². The highest BCUT2D eigenvalue weighted by Gasteiger charge is 2.45. The number of hydrogen-bond acceptors (Lipinski definition) is 7. The number of benzene rings is 1. The molecular weight excluding hydrogens is 635 g/mol. The first-order chi connectivity index (χ1) is 23.7. The van der Waals surface area contributed by atoms with Crippen LogP contribution in [-0.4, -0.2) is 64.5 Å². The zero-order chi connectivity index (χ0) is 34.8. The van der Waals surface area contributed by atoms with Crippen molar-refractivity contribution < 1.29 is 37.7 Å². The van der Waals surface area contributed by atoms with E-state index in [1.54, 1.807) is 6.07 Å². The highest BCUT2D eigenvalue weighted by molar-refractivity contribution is 5.69. The highest BCUT2D eigenvalue weighted by atomic mass is 19.4. The maximum atomic E-state index is 13.3. The summed E-state index contributed by atoms with van der Waals surface area (Å²) in [6, 6.07) is 5.39. The second kappa shape index (κ2) is 17.8. The fraction of sp³-hybridized carbons (Fsp3) is 0.711. The van der Waals surface area contributed by atoms with Crippen LogP contribution in [-0.2, 0) is 27.0 Å². The number of unbranched alkanes of at least 4 members (excludes halogenated alkanes) is 12. The molecule has 0 aliphatic carbocycles. The van der Waals surface area contributed by atoms with Gasteiger partial charge in [-0.25, -0.2) is 0 Å². The first kappa shape index (κ1) is 37.3. The Balaban J connectivity index is 1.10.